The number of fused-ring (bicyclic) bond motifs is 1. The summed E-state index contributed by atoms with van der Waals surface area (Å²) < 4.78 is 0. The molecule has 0 spiro atoms. The molecule has 59 heavy (non-hydrogen) atoms. The summed E-state index contributed by atoms with van der Waals surface area (Å²) in [5.41, 5.74) is 17.7. The summed E-state index contributed by atoms with van der Waals surface area (Å²) in [6, 6.07) is 89.8. The van der Waals surface area contributed by atoms with E-state index in [1.165, 1.54) is 77.5 Å². The Bertz CT molecular complexity index is 3020. The van der Waals surface area contributed by atoms with E-state index in [4.69, 9.17) is 0 Å². The molecular weight excluding hydrogens is 711 g/mol. The molecule has 0 aliphatic heterocycles. The molecule has 1 heteroatoms. The lowest BCUT2D eigenvalue weighted by Crippen LogP contribution is -2.10. The largest absolute Gasteiger partial charge is 0.310 e. The number of rotatable bonds is 9. The fourth-order valence-corrected chi connectivity index (χ4v) is 8.37. The lowest BCUT2D eigenvalue weighted by atomic mass is 9.87. The van der Waals surface area contributed by atoms with Crippen LogP contribution in [0.2, 0.25) is 0 Å². The Morgan fingerprint density at radius 1 is 0.186 bits per heavy atom. The van der Waals surface area contributed by atoms with Crippen LogP contribution in [-0.4, -0.2) is 0 Å². The molecule has 10 aromatic rings. The fraction of sp³-hybridized carbons (Fsp3) is 0. The lowest BCUT2D eigenvalue weighted by molar-refractivity contribution is 1.28. The van der Waals surface area contributed by atoms with Gasteiger partial charge in [0.2, 0.25) is 0 Å². The molecular formula is C58H41N. The van der Waals surface area contributed by atoms with Crippen LogP contribution in [0.4, 0.5) is 17.1 Å². The maximum absolute atomic E-state index is 2.37. The van der Waals surface area contributed by atoms with Crippen molar-refractivity contribution < 1.29 is 0 Å². The summed E-state index contributed by atoms with van der Waals surface area (Å²) in [5, 5.41) is 2.48. The van der Waals surface area contributed by atoms with Crippen LogP contribution >= 0.6 is 0 Å². The van der Waals surface area contributed by atoms with Crippen molar-refractivity contribution in [2.75, 3.05) is 4.90 Å². The summed E-state index contributed by atoms with van der Waals surface area (Å²) >= 11 is 0. The molecule has 0 saturated heterocycles. The average molecular weight is 752 g/mol. The Morgan fingerprint density at radius 3 is 1.14 bits per heavy atom. The summed E-state index contributed by atoms with van der Waals surface area (Å²) in [7, 11) is 0. The molecule has 0 fully saturated rings. The molecule has 0 aromatic heterocycles. The van der Waals surface area contributed by atoms with Crippen molar-refractivity contribution in [1.29, 1.82) is 0 Å². The highest BCUT2D eigenvalue weighted by molar-refractivity contribution is 5.96. The molecule has 0 bridgehead atoms. The predicted molar refractivity (Wildman–Crippen MR) is 251 cm³/mol. The fourth-order valence-electron chi connectivity index (χ4n) is 8.37. The second-order valence-electron chi connectivity index (χ2n) is 14.9. The monoisotopic (exact) mass is 751 g/mol. The van der Waals surface area contributed by atoms with E-state index in [-0.39, 0.29) is 0 Å². The predicted octanol–water partition coefficient (Wildman–Crippen LogP) is 16.3. The van der Waals surface area contributed by atoms with Crippen LogP contribution in [0.3, 0.4) is 0 Å². The van der Waals surface area contributed by atoms with Gasteiger partial charge in [-0.15, -0.1) is 0 Å². The molecule has 0 amide bonds. The maximum Gasteiger partial charge on any atom is 0.0467 e. The summed E-state index contributed by atoms with van der Waals surface area (Å²) in [5.74, 6) is 0. The third-order valence-electron chi connectivity index (χ3n) is 11.3. The molecule has 10 aromatic carbocycles. The first-order chi connectivity index (χ1) is 29.3. The standard InChI is InChI=1S/C58H41N/c1-3-16-42(17-4-1)44-32-36-50(37-33-44)59(52-23-15-22-48(41-52)49-31-30-43-18-7-8-21-47(43)40-49)51-38-34-46(35-39-51)54-25-10-12-27-56(54)58-29-14-13-28-57(58)55-26-11-9-24-53(55)45-19-5-2-6-20-45/h1-41H. The lowest BCUT2D eigenvalue weighted by Gasteiger charge is -2.26. The number of anilines is 3. The van der Waals surface area contributed by atoms with E-state index in [1.54, 1.807) is 0 Å². The number of benzene rings is 10. The van der Waals surface area contributed by atoms with Gasteiger partial charge in [0.05, 0.1) is 0 Å². The molecule has 0 radical (unpaired) electrons. The Kier molecular flexibility index (Phi) is 9.68. The second kappa shape index (κ2) is 16.0. The van der Waals surface area contributed by atoms with E-state index in [9.17, 15) is 0 Å². The highest BCUT2D eigenvalue weighted by atomic mass is 15.1. The van der Waals surface area contributed by atoms with E-state index >= 15 is 0 Å². The van der Waals surface area contributed by atoms with Gasteiger partial charge in [-0.05, 0) is 120 Å². The van der Waals surface area contributed by atoms with Crippen LogP contribution in [0.5, 0.6) is 0 Å². The molecule has 0 aliphatic carbocycles. The van der Waals surface area contributed by atoms with Crippen molar-refractivity contribution in [1.82, 2.24) is 0 Å². The van der Waals surface area contributed by atoms with Gasteiger partial charge >= 0.3 is 0 Å². The highest BCUT2D eigenvalue weighted by Crippen LogP contribution is 2.43. The quantitative estimate of drug-likeness (QED) is 0.142. The van der Waals surface area contributed by atoms with Crippen LogP contribution in [0, 0.1) is 0 Å². The molecule has 0 heterocycles. The van der Waals surface area contributed by atoms with E-state index in [2.05, 4.69) is 254 Å². The Morgan fingerprint density at radius 2 is 0.559 bits per heavy atom. The maximum atomic E-state index is 2.37. The number of hydrogen-bond donors (Lipinski definition) is 0. The molecule has 0 N–H and O–H groups in total. The molecule has 0 aliphatic rings. The third-order valence-corrected chi connectivity index (χ3v) is 11.3. The van der Waals surface area contributed by atoms with Crippen molar-refractivity contribution in [3.63, 3.8) is 0 Å². The topological polar surface area (TPSA) is 3.24 Å². The minimum Gasteiger partial charge on any atom is -0.310 e. The van der Waals surface area contributed by atoms with Crippen molar-refractivity contribution in [2.45, 2.75) is 0 Å². The van der Waals surface area contributed by atoms with Crippen LogP contribution in [0.15, 0.2) is 249 Å². The van der Waals surface area contributed by atoms with Crippen molar-refractivity contribution >= 4 is 27.8 Å². The van der Waals surface area contributed by atoms with Crippen molar-refractivity contribution in [3.8, 4) is 66.8 Å². The first-order valence-electron chi connectivity index (χ1n) is 20.3. The first-order valence-corrected chi connectivity index (χ1v) is 20.3. The molecule has 10 rings (SSSR count). The average Bonchev–Trinajstić information content (AvgIpc) is 3.32. The van der Waals surface area contributed by atoms with Gasteiger partial charge in [0.25, 0.3) is 0 Å². The van der Waals surface area contributed by atoms with Gasteiger partial charge in [-0.25, -0.2) is 0 Å². The zero-order chi connectivity index (χ0) is 39.4. The molecule has 0 saturated carbocycles. The van der Waals surface area contributed by atoms with E-state index < -0.39 is 0 Å². The zero-order valence-electron chi connectivity index (χ0n) is 32.6. The van der Waals surface area contributed by atoms with Crippen LogP contribution in [0.25, 0.3) is 77.5 Å². The summed E-state index contributed by atoms with van der Waals surface area (Å²) in [4.78, 5) is 2.37. The number of hydrogen-bond acceptors (Lipinski definition) is 1. The Balaban J connectivity index is 1.05. The van der Waals surface area contributed by atoms with Gasteiger partial charge in [-0.2, -0.15) is 0 Å². The van der Waals surface area contributed by atoms with Gasteiger partial charge in [-0.3, -0.25) is 0 Å². The highest BCUT2D eigenvalue weighted by Gasteiger charge is 2.18. The van der Waals surface area contributed by atoms with Gasteiger partial charge < -0.3 is 4.90 Å². The van der Waals surface area contributed by atoms with Crippen molar-refractivity contribution in [3.05, 3.63) is 249 Å². The molecule has 1 nitrogen and oxygen atoms in total. The van der Waals surface area contributed by atoms with Crippen LogP contribution in [0.1, 0.15) is 0 Å². The van der Waals surface area contributed by atoms with E-state index in [0.717, 1.165) is 17.1 Å². The van der Waals surface area contributed by atoms with Crippen LogP contribution < -0.4 is 4.90 Å². The number of nitrogens with zero attached hydrogens (tertiary/aromatic N) is 1. The minimum atomic E-state index is 1.09. The molecule has 278 valence electrons. The van der Waals surface area contributed by atoms with E-state index in [0.29, 0.717) is 0 Å². The minimum absolute atomic E-state index is 1.09. The van der Waals surface area contributed by atoms with Gasteiger partial charge in [-0.1, -0.05) is 206 Å². The molecule has 0 atom stereocenters. The van der Waals surface area contributed by atoms with E-state index in [1.807, 2.05) is 0 Å². The summed E-state index contributed by atoms with van der Waals surface area (Å²) in [6.45, 7) is 0. The Labute approximate surface area is 346 Å². The molecule has 0 unspecified atom stereocenters. The van der Waals surface area contributed by atoms with Gasteiger partial charge in [0, 0.05) is 17.1 Å². The van der Waals surface area contributed by atoms with Crippen LogP contribution in [-0.2, 0) is 0 Å². The second-order valence-corrected chi connectivity index (χ2v) is 14.9. The first kappa shape index (κ1) is 35.7. The normalized spacial score (nSPS) is 11.1. The Hall–Kier alpha value is -7.74. The van der Waals surface area contributed by atoms with Gasteiger partial charge in [0.1, 0.15) is 0 Å². The smallest absolute Gasteiger partial charge is 0.0467 e. The SMILES string of the molecule is c1ccc(-c2ccc(N(c3ccc(-c4ccccc4-c4ccccc4-c4ccccc4-c4ccccc4)cc3)c3cccc(-c4ccc5ccccc5c4)c3)cc2)cc1. The summed E-state index contributed by atoms with van der Waals surface area (Å²) in [6.07, 6.45) is 0. The third kappa shape index (κ3) is 7.23. The van der Waals surface area contributed by atoms with Gasteiger partial charge in [0.15, 0.2) is 0 Å². The van der Waals surface area contributed by atoms with Crippen molar-refractivity contribution in [2.24, 2.45) is 0 Å². The zero-order valence-corrected chi connectivity index (χ0v) is 32.6.